The lowest BCUT2D eigenvalue weighted by atomic mass is 10.1. The summed E-state index contributed by atoms with van der Waals surface area (Å²) < 4.78 is 5.33. The molecule has 1 aromatic carbocycles. The Kier molecular flexibility index (Phi) is 4.30. The van der Waals surface area contributed by atoms with Gasteiger partial charge in [-0.05, 0) is 38.0 Å². The zero-order valence-corrected chi connectivity index (χ0v) is 11.8. The molecule has 1 N–H and O–H groups in total. The van der Waals surface area contributed by atoms with Gasteiger partial charge in [-0.25, -0.2) is 9.97 Å². The van der Waals surface area contributed by atoms with Crippen LogP contribution in [0.1, 0.15) is 16.8 Å². The molecule has 0 saturated heterocycles. The topological polar surface area (TPSA) is 64.1 Å². The fraction of sp³-hybridized carbons (Fsp3) is 0.267. The predicted octanol–water partition coefficient (Wildman–Crippen LogP) is 2.42. The average Bonchev–Trinajstić information content (AvgIpc) is 2.42. The van der Waals surface area contributed by atoms with Gasteiger partial charge in [0.1, 0.15) is 6.33 Å². The quantitative estimate of drug-likeness (QED) is 0.927. The fourth-order valence-corrected chi connectivity index (χ4v) is 1.72. The molecule has 0 fully saturated rings. The summed E-state index contributed by atoms with van der Waals surface area (Å²) in [7, 11) is 0. The van der Waals surface area contributed by atoms with Gasteiger partial charge in [0.05, 0.1) is 0 Å². The van der Waals surface area contributed by atoms with Gasteiger partial charge in [-0.2, -0.15) is 0 Å². The molecule has 2 rings (SSSR count). The highest BCUT2D eigenvalue weighted by molar-refractivity contribution is 5.92. The first-order valence-electron chi connectivity index (χ1n) is 6.34. The van der Waals surface area contributed by atoms with Crippen LogP contribution in [0.25, 0.3) is 0 Å². The van der Waals surface area contributed by atoms with Crippen LogP contribution >= 0.6 is 0 Å². The Morgan fingerprint density at radius 1 is 1.25 bits per heavy atom. The highest BCUT2D eigenvalue weighted by atomic mass is 16.5. The third kappa shape index (κ3) is 3.54. The van der Waals surface area contributed by atoms with Crippen LogP contribution < -0.4 is 10.1 Å². The van der Waals surface area contributed by atoms with Crippen LogP contribution in [0.4, 0.5) is 5.69 Å². The zero-order valence-electron chi connectivity index (χ0n) is 11.8. The van der Waals surface area contributed by atoms with Crippen molar-refractivity contribution in [2.24, 2.45) is 0 Å². The Balaban J connectivity index is 1.94. The molecule has 0 bridgehead atoms. The molecule has 1 heterocycles. The summed E-state index contributed by atoms with van der Waals surface area (Å²) in [5.41, 5.74) is 3.79. The van der Waals surface area contributed by atoms with E-state index in [1.807, 2.05) is 39.0 Å². The molecule has 0 saturated carbocycles. The zero-order chi connectivity index (χ0) is 14.5. The minimum absolute atomic E-state index is 0.0795. The van der Waals surface area contributed by atoms with E-state index in [0.29, 0.717) is 5.88 Å². The van der Waals surface area contributed by atoms with Crippen molar-refractivity contribution in [3.63, 3.8) is 0 Å². The van der Waals surface area contributed by atoms with E-state index < -0.39 is 0 Å². The fourth-order valence-electron chi connectivity index (χ4n) is 1.72. The number of rotatable bonds is 4. The highest BCUT2D eigenvalue weighted by Crippen LogP contribution is 2.17. The number of amides is 1. The molecule has 20 heavy (non-hydrogen) atoms. The van der Waals surface area contributed by atoms with Gasteiger partial charge < -0.3 is 10.1 Å². The number of aryl methyl sites for hydroxylation is 2. The van der Waals surface area contributed by atoms with E-state index >= 15 is 0 Å². The Bertz CT molecular complexity index is 626. The van der Waals surface area contributed by atoms with E-state index in [1.54, 1.807) is 6.07 Å². The maximum absolute atomic E-state index is 11.9. The first-order chi connectivity index (χ1) is 9.56. The molecule has 2 aromatic rings. The molecule has 0 radical (unpaired) electrons. The molecule has 0 unspecified atom stereocenters. The second-order valence-corrected chi connectivity index (χ2v) is 4.58. The molecule has 0 spiro atoms. The summed E-state index contributed by atoms with van der Waals surface area (Å²) in [6.45, 7) is 5.74. The van der Waals surface area contributed by atoms with Crippen molar-refractivity contribution >= 4 is 11.6 Å². The lowest BCUT2D eigenvalue weighted by molar-refractivity contribution is -0.118. The van der Waals surface area contributed by atoms with Crippen LogP contribution in [0.5, 0.6) is 5.88 Å². The second-order valence-electron chi connectivity index (χ2n) is 4.58. The summed E-state index contributed by atoms with van der Waals surface area (Å²) in [6.07, 6.45) is 1.41. The molecule has 0 aliphatic heterocycles. The van der Waals surface area contributed by atoms with Gasteiger partial charge in [0.15, 0.2) is 6.61 Å². The van der Waals surface area contributed by atoms with E-state index in [0.717, 1.165) is 22.5 Å². The maximum Gasteiger partial charge on any atom is 0.262 e. The van der Waals surface area contributed by atoms with E-state index in [4.69, 9.17) is 4.74 Å². The van der Waals surface area contributed by atoms with E-state index in [2.05, 4.69) is 15.3 Å². The summed E-state index contributed by atoms with van der Waals surface area (Å²) in [6, 6.07) is 7.47. The maximum atomic E-state index is 11.9. The monoisotopic (exact) mass is 271 g/mol. The Hall–Kier alpha value is -2.43. The third-order valence-corrected chi connectivity index (χ3v) is 3.01. The highest BCUT2D eigenvalue weighted by Gasteiger charge is 2.07. The summed E-state index contributed by atoms with van der Waals surface area (Å²) in [5, 5.41) is 2.83. The van der Waals surface area contributed by atoms with Gasteiger partial charge in [0.25, 0.3) is 5.91 Å². The summed E-state index contributed by atoms with van der Waals surface area (Å²) in [5.74, 6) is 0.184. The van der Waals surface area contributed by atoms with Crippen molar-refractivity contribution in [3.05, 3.63) is 47.4 Å². The van der Waals surface area contributed by atoms with Crippen LogP contribution in [-0.4, -0.2) is 22.5 Å². The Labute approximate surface area is 118 Å². The van der Waals surface area contributed by atoms with Crippen molar-refractivity contribution in [1.29, 1.82) is 0 Å². The number of benzene rings is 1. The lowest BCUT2D eigenvalue weighted by Gasteiger charge is -2.10. The number of nitrogens with zero attached hydrogens (tertiary/aromatic N) is 2. The van der Waals surface area contributed by atoms with Gasteiger partial charge in [-0.15, -0.1) is 0 Å². The van der Waals surface area contributed by atoms with Gasteiger partial charge in [0, 0.05) is 17.4 Å². The van der Waals surface area contributed by atoms with Crippen molar-refractivity contribution in [2.75, 3.05) is 11.9 Å². The lowest BCUT2D eigenvalue weighted by Crippen LogP contribution is -2.21. The number of ether oxygens (including phenoxy) is 1. The van der Waals surface area contributed by atoms with Crippen LogP contribution in [0.2, 0.25) is 0 Å². The summed E-state index contributed by atoms with van der Waals surface area (Å²) >= 11 is 0. The number of carbonyl (C=O) groups excluding carboxylic acids is 1. The van der Waals surface area contributed by atoms with Gasteiger partial charge >= 0.3 is 0 Å². The smallest absolute Gasteiger partial charge is 0.262 e. The van der Waals surface area contributed by atoms with E-state index in [-0.39, 0.29) is 12.5 Å². The number of nitrogens with one attached hydrogen (secondary N) is 1. The minimum Gasteiger partial charge on any atom is -0.467 e. The second kappa shape index (κ2) is 6.14. The number of aromatic nitrogens is 2. The standard InChI is InChI=1S/C15H17N3O2/c1-10-5-4-6-13(12(10)3)18-14(19)8-20-15-7-11(2)16-9-17-15/h4-7,9H,8H2,1-3H3,(H,18,19). The molecule has 104 valence electrons. The molecule has 5 nitrogen and oxygen atoms in total. The summed E-state index contributed by atoms with van der Waals surface area (Å²) in [4.78, 5) is 19.8. The molecule has 0 atom stereocenters. The first-order valence-corrected chi connectivity index (χ1v) is 6.34. The third-order valence-electron chi connectivity index (χ3n) is 3.01. The van der Waals surface area contributed by atoms with Gasteiger partial charge in [-0.1, -0.05) is 12.1 Å². The van der Waals surface area contributed by atoms with Crippen molar-refractivity contribution in [1.82, 2.24) is 9.97 Å². The van der Waals surface area contributed by atoms with Crippen LogP contribution in [0.15, 0.2) is 30.6 Å². The van der Waals surface area contributed by atoms with Gasteiger partial charge in [0.2, 0.25) is 5.88 Å². The molecule has 0 aliphatic carbocycles. The molecular weight excluding hydrogens is 254 g/mol. The van der Waals surface area contributed by atoms with Gasteiger partial charge in [-0.3, -0.25) is 4.79 Å². The normalized spacial score (nSPS) is 10.2. The predicted molar refractivity (Wildman–Crippen MR) is 76.8 cm³/mol. The first kappa shape index (κ1) is 14.0. The molecule has 1 aromatic heterocycles. The number of carbonyl (C=O) groups is 1. The Morgan fingerprint density at radius 3 is 2.80 bits per heavy atom. The Morgan fingerprint density at radius 2 is 2.05 bits per heavy atom. The largest absolute Gasteiger partial charge is 0.467 e. The average molecular weight is 271 g/mol. The minimum atomic E-state index is -0.213. The molecule has 5 heteroatoms. The molecule has 1 amide bonds. The SMILES string of the molecule is Cc1cc(OCC(=O)Nc2cccc(C)c2C)ncn1. The number of hydrogen-bond acceptors (Lipinski definition) is 4. The van der Waals surface area contributed by atoms with Crippen LogP contribution in [0.3, 0.4) is 0 Å². The van der Waals surface area contributed by atoms with Crippen molar-refractivity contribution in [2.45, 2.75) is 20.8 Å². The number of hydrogen-bond donors (Lipinski definition) is 1. The number of anilines is 1. The van der Waals surface area contributed by atoms with Crippen LogP contribution in [0, 0.1) is 20.8 Å². The van der Waals surface area contributed by atoms with Crippen LogP contribution in [-0.2, 0) is 4.79 Å². The van der Waals surface area contributed by atoms with Crippen molar-refractivity contribution in [3.8, 4) is 5.88 Å². The van der Waals surface area contributed by atoms with Crippen molar-refractivity contribution < 1.29 is 9.53 Å². The van der Waals surface area contributed by atoms with E-state index in [9.17, 15) is 4.79 Å². The molecule has 0 aliphatic rings. The molecular formula is C15H17N3O2. The van der Waals surface area contributed by atoms with E-state index in [1.165, 1.54) is 6.33 Å².